The highest BCUT2D eigenvalue weighted by Crippen LogP contribution is 2.34. The third-order valence-corrected chi connectivity index (χ3v) is 5.29. The summed E-state index contributed by atoms with van der Waals surface area (Å²) in [6, 6.07) is 4.95. The predicted octanol–water partition coefficient (Wildman–Crippen LogP) is 3.85. The van der Waals surface area contributed by atoms with E-state index in [2.05, 4.69) is 28.9 Å². The van der Waals surface area contributed by atoms with Crippen molar-refractivity contribution in [3.63, 3.8) is 0 Å². The second-order valence-electron chi connectivity index (χ2n) is 6.84. The van der Waals surface area contributed by atoms with E-state index in [1.807, 2.05) is 13.0 Å². The molecule has 4 rings (SSSR count). The van der Waals surface area contributed by atoms with Gasteiger partial charge < -0.3 is 19.7 Å². The summed E-state index contributed by atoms with van der Waals surface area (Å²) in [6.07, 6.45) is 5.39. The number of ether oxygens (including phenoxy) is 2. The third kappa shape index (κ3) is 5.29. The number of piperidine rings is 3. The first-order chi connectivity index (χ1) is 11.7. The summed E-state index contributed by atoms with van der Waals surface area (Å²) in [5.41, 5.74) is 2.40. The van der Waals surface area contributed by atoms with Crippen molar-refractivity contribution in [1.29, 1.82) is 0 Å². The minimum atomic E-state index is 0. The minimum absolute atomic E-state index is 0. The maximum Gasteiger partial charge on any atom is 0.164 e. The summed E-state index contributed by atoms with van der Waals surface area (Å²) >= 11 is 0. The number of halogens is 2. The van der Waals surface area contributed by atoms with Gasteiger partial charge in [0, 0.05) is 24.7 Å². The Kier molecular flexibility index (Phi) is 9.80. The third-order valence-electron chi connectivity index (χ3n) is 5.29. The van der Waals surface area contributed by atoms with Gasteiger partial charge in [-0.05, 0) is 56.8 Å². The van der Waals surface area contributed by atoms with Gasteiger partial charge in [0.25, 0.3) is 0 Å². The Morgan fingerprint density at radius 3 is 2.54 bits per heavy atom. The van der Waals surface area contributed by atoms with Crippen molar-refractivity contribution in [1.82, 2.24) is 10.2 Å². The number of hydrogen-bond acceptors (Lipinski definition) is 4. The van der Waals surface area contributed by atoms with Crippen LogP contribution >= 0.6 is 24.8 Å². The molecule has 0 aliphatic carbocycles. The first-order valence-corrected chi connectivity index (χ1v) is 9.14. The van der Waals surface area contributed by atoms with Crippen LogP contribution in [0.1, 0.15) is 30.9 Å². The van der Waals surface area contributed by atoms with Gasteiger partial charge in [-0.1, -0.05) is 12.1 Å². The molecule has 1 aromatic rings. The molecule has 3 heterocycles. The molecule has 1 unspecified atom stereocenters. The van der Waals surface area contributed by atoms with Gasteiger partial charge in [-0.3, -0.25) is 0 Å². The van der Waals surface area contributed by atoms with E-state index < -0.39 is 0 Å². The normalized spacial score (nSPS) is 23.5. The van der Waals surface area contributed by atoms with Crippen LogP contribution in [-0.2, 0) is 13.0 Å². The molecule has 3 fully saturated rings. The standard InChI is InChI=1S/C20H30N2O2.2ClH/c1-4-6-17-11-15(12-19(23-3)20(17)24-5-2)13-21-18-14-22-9-7-16(18)8-10-22;;/h4,11-12,16,18,21H,1,5-10,13-14H2,2-3H3;2*1H. The number of rotatable bonds is 8. The first-order valence-electron chi connectivity index (χ1n) is 9.14. The van der Waals surface area contributed by atoms with Crippen molar-refractivity contribution >= 4 is 24.8 Å². The molecule has 0 radical (unpaired) electrons. The Bertz CT molecular complexity index is 575. The molecule has 3 saturated heterocycles. The van der Waals surface area contributed by atoms with Crippen LogP contribution in [0.2, 0.25) is 0 Å². The first kappa shape index (κ1) is 23.1. The van der Waals surface area contributed by atoms with Crippen LogP contribution in [0, 0.1) is 5.92 Å². The maximum absolute atomic E-state index is 5.80. The average Bonchev–Trinajstić information content (AvgIpc) is 2.63. The van der Waals surface area contributed by atoms with Gasteiger partial charge in [-0.25, -0.2) is 0 Å². The van der Waals surface area contributed by atoms with Gasteiger partial charge in [0.15, 0.2) is 11.5 Å². The largest absolute Gasteiger partial charge is 0.493 e. The molecule has 0 amide bonds. The monoisotopic (exact) mass is 402 g/mol. The molecule has 3 aliphatic heterocycles. The zero-order valence-corrected chi connectivity index (χ0v) is 17.5. The van der Waals surface area contributed by atoms with Gasteiger partial charge in [-0.15, -0.1) is 31.4 Å². The van der Waals surface area contributed by atoms with E-state index in [0.717, 1.165) is 35.9 Å². The van der Waals surface area contributed by atoms with E-state index in [1.165, 1.54) is 38.0 Å². The number of allylic oxidation sites excluding steroid dienone is 1. The van der Waals surface area contributed by atoms with Crippen LogP contribution in [0.4, 0.5) is 0 Å². The summed E-state index contributed by atoms with van der Waals surface area (Å²) in [7, 11) is 1.71. The zero-order valence-electron chi connectivity index (χ0n) is 15.8. The second kappa shape index (κ2) is 11.0. The molecule has 1 N–H and O–H groups in total. The fourth-order valence-corrected chi connectivity index (χ4v) is 4.04. The predicted molar refractivity (Wildman–Crippen MR) is 112 cm³/mol. The van der Waals surface area contributed by atoms with E-state index in [4.69, 9.17) is 9.47 Å². The SMILES string of the molecule is C=CCc1cc(CNC2CN3CCC2CC3)cc(OC)c1OCC.Cl.Cl. The Hall–Kier alpha value is -0.940. The average molecular weight is 403 g/mol. The molecule has 3 aliphatic rings. The number of hydrogen-bond donors (Lipinski definition) is 1. The van der Waals surface area contributed by atoms with Crippen LogP contribution in [-0.4, -0.2) is 44.3 Å². The van der Waals surface area contributed by atoms with Gasteiger partial charge in [0.2, 0.25) is 0 Å². The van der Waals surface area contributed by atoms with Crippen molar-refractivity contribution in [3.8, 4) is 11.5 Å². The smallest absolute Gasteiger partial charge is 0.164 e. The molecule has 0 saturated carbocycles. The topological polar surface area (TPSA) is 33.7 Å². The fourth-order valence-electron chi connectivity index (χ4n) is 4.04. The molecule has 2 bridgehead atoms. The second-order valence-corrected chi connectivity index (χ2v) is 6.84. The lowest BCUT2D eigenvalue weighted by Gasteiger charge is -2.45. The van der Waals surface area contributed by atoms with Crippen molar-refractivity contribution < 1.29 is 9.47 Å². The molecular weight excluding hydrogens is 371 g/mol. The summed E-state index contributed by atoms with van der Waals surface area (Å²) in [5, 5.41) is 3.78. The molecular formula is C20H32Cl2N2O2. The fraction of sp³-hybridized carbons (Fsp3) is 0.600. The molecule has 0 aromatic heterocycles. The molecule has 4 nitrogen and oxygen atoms in total. The van der Waals surface area contributed by atoms with Gasteiger partial charge in [0.05, 0.1) is 13.7 Å². The number of nitrogens with one attached hydrogen (secondary N) is 1. The Labute approximate surface area is 170 Å². The van der Waals surface area contributed by atoms with E-state index in [-0.39, 0.29) is 24.8 Å². The van der Waals surface area contributed by atoms with Crippen molar-refractivity contribution in [2.24, 2.45) is 5.92 Å². The lowest BCUT2D eigenvalue weighted by molar-refractivity contribution is 0.0720. The van der Waals surface area contributed by atoms with Crippen molar-refractivity contribution in [3.05, 3.63) is 35.9 Å². The Morgan fingerprint density at radius 1 is 1.27 bits per heavy atom. The molecule has 1 aromatic carbocycles. The summed E-state index contributed by atoms with van der Waals surface area (Å²) in [6.45, 7) is 11.1. The van der Waals surface area contributed by atoms with Crippen molar-refractivity contribution in [2.45, 2.75) is 38.8 Å². The van der Waals surface area contributed by atoms with Crippen LogP contribution in [0.3, 0.4) is 0 Å². The van der Waals surface area contributed by atoms with Gasteiger partial charge in [-0.2, -0.15) is 0 Å². The number of benzene rings is 1. The van der Waals surface area contributed by atoms with Crippen LogP contribution < -0.4 is 14.8 Å². The van der Waals surface area contributed by atoms with Crippen molar-refractivity contribution in [2.75, 3.05) is 33.4 Å². The highest BCUT2D eigenvalue weighted by atomic mass is 35.5. The zero-order chi connectivity index (χ0) is 16.9. The molecule has 0 spiro atoms. The van der Waals surface area contributed by atoms with E-state index in [9.17, 15) is 0 Å². The molecule has 6 heteroatoms. The number of fused-ring (bicyclic) bond motifs is 3. The minimum Gasteiger partial charge on any atom is -0.493 e. The van der Waals surface area contributed by atoms with E-state index in [1.54, 1.807) is 7.11 Å². The highest BCUT2D eigenvalue weighted by Gasteiger charge is 2.33. The van der Waals surface area contributed by atoms with Gasteiger partial charge in [0.1, 0.15) is 0 Å². The van der Waals surface area contributed by atoms with E-state index in [0.29, 0.717) is 12.6 Å². The summed E-state index contributed by atoms with van der Waals surface area (Å²) in [4.78, 5) is 2.58. The summed E-state index contributed by atoms with van der Waals surface area (Å²) in [5.74, 6) is 2.51. The maximum atomic E-state index is 5.80. The molecule has 1 atom stereocenters. The number of nitrogens with zero attached hydrogens (tertiary/aromatic N) is 1. The van der Waals surface area contributed by atoms with Crippen LogP contribution in [0.5, 0.6) is 11.5 Å². The van der Waals surface area contributed by atoms with Crippen LogP contribution in [0.25, 0.3) is 0 Å². The molecule has 148 valence electrons. The van der Waals surface area contributed by atoms with E-state index >= 15 is 0 Å². The van der Waals surface area contributed by atoms with Gasteiger partial charge >= 0.3 is 0 Å². The lowest BCUT2D eigenvalue weighted by atomic mass is 9.84. The quantitative estimate of drug-likeness (QED) is 0.669. The lowest BCUT2D eigenvalue weighted by Crippen LogP contribution is -2.55. The van der Waals surface area contributed by atoms with Crippen LogP contribution in [0.15, 0.2) is 24.8 Å². The number of methoxy groups -OCH3 is 1. The Balaban J connectivity index is 0.00000169. The summed E-state index contributed by atoms with van der Waals surface area (Å²) < 4.78 is 11.4. The highest BCUT2D eigenvalue weighted by molar-refractivity contribution is 5.85. The Morgan fingerprint density at radius 2 is 2.00 bits per heavy atom. The molecule has 26 heavy (non-hydrogen) atoms.